The van der Waals surface area contributed by atoms with Crippen LogP contribution in [0.5, 0.6) is 5.75 Å². The van der Waals surface area contributed by atoms with E-state index in [1.165, 1.54) is 44.4 Å². The maximum Gasteiger partial charge on any atom is 0.446 e. The number of nitrogens with zero attached hydrogens (tertiary/aromatic N) is 1. The molecule has 0 aliphatic heterocycles. The number of carbonyl (C=O) groups is 1. The number of thioether (sulfide) groups is 1. The Bertz CT molecular complexity index is 1260. The number of pyridine rings is 1. The molecule has 0 unspecified atom stereocenters. The minimum Gasteiger partial charge on any atom is -0.444 e. The molecule has 3 rings (SSSR count). The summed E-state index contributed by atoms with van der Waals surface area (Å²) >= 11 is -0.474. The number of nitrogen functional groups attached to an aromatic ring is 1. The number of alkyl halides is 3. The molecule has 0 saturated heterocycles. The van der Waals surface area contributed by atoms with Gasteiger partial charge in [-0.1, -0.05) is 6.07 Å². The molecule has 174 valence electrons. The summed E-state index contributed by atoms with van der Waals surface area (Å²) in [6.45, 7) is 0. The Kier molecular flexibility index (Phi) is 6.63. The number of hydrogen-bond acceptors (Lipinski definition) is 9. The summed E-state index contributed by atoms with van der Waals surface area (Å²) in [5, 5.41) is 25.4. The molecule has 2 aromatic heterocycles. The maximum absolute atomic E-state index is 13.1. The third-order valence-electron chi connectivity index (χ3n) is 4.06. The zero-order valence-corrected chi connectivity index (χ0v) is 17.9. The van der Waals surface area contributed by atoms with Crippen LogP contribution in [0.1, 0.15) is 16.2 Å². The van der Waals surface area contributed by atoms with Gasteiger partial charge >= 0.3 is 11.5 Å². The first-order valence-corrected chi connectivity index (χ1v) is 9.90. The highest BCUT2D eigenvalue weighted by Gasteiger charge is 2.33. The number of hydrogen-bond donors (Lipinski definition) is 5. The van der Waals surface area contributed by atoms with Gasteiger partial charge in [-0.25, -0.2) is 4.98 Å². The van der Waals surface area contributed by atoms with Crippen molar-refractivity contribution in [2.45, 2.75) is 16.4 Å². The van der Waals surface area contributed by atoms with Gasteiger partial charge in [0.25, 0.3) is 5.91 Å². The first-order valence-electron chi connectivity index (χ1n) is 9.08. The van der Waals surface area contributed by atoms with Crippen molar-refractivity contribution in [2.24, 2.45) is 0 Å². The fourth-order valence-electron chi connectivity index (χ4n) is 2.70. The van der Waals surface area contributed by atoms with E-state index in [0.29, 0.717) is 0 Å². The molecule has 1 amide bonds. The molecule has 0 fully saturated rings. The van der Waals surface area contributed by atoms with Crippen molar-refractivity contribution >= 4 is 40.1 Å². The average molecular weight is 482 g/mol. The van der Waals surface area contributed by atoms with Crippen molar-refractivity contribution in [3.8, 4) is 17.6 Å². The second-order valence-corrected chi connectivity index (χ2v) is 7.44. The number of furan rings is 1. The number of carbonyl (C=O) groups excluding carboxylic acids is 1. The zero-order valence-electron chi connectivity index (χ0n) is 17.1. The van der Waals surface area contributed by atoms with Crippen LogP contribution in [0.2, 0.25) is 0 Å². The zero-order chi connectivity index (χ0) is 24.4. The summed E-state index contributed by atoms with van der Waals surface area (Å²) in [4.78, 5) is 15.3. The Morgan fingerprint density at radius 2 is 1.97 bits per heavy atom. The molecule has 9 nitrogen and oxygen atoms in total. The Labute approximate surface area is 189 Å². The second-order valence-electron chi connectivity index (χ2n) is 6.36. The molecule has 0 atom stereocenters. The third kappa shape index (κ3) is 5.61. The van der Waals surface area contributed by atoms with Crippen LogP contribution in [-0.2, 0) is 0 Å². The summed E-state index contributed by atoms with van der Waals surface area (Å²) in [5.41, 5.74) is 1.18. The van der Waals surface area contributed by atoms with Gasteiger partial charge in [-0.3, -0.25) is 4.79 Å². The van der Waals surface area contributed by atoms with Crippen molar-refractivity contribution in [1.82, 2.24) is 10.3 Å². The summed E-state index contributed by atoms with van der Waals surface area (Å²) in [6.07, 6.45) is 0. The van der Waals surface area contributed by atoms with Gasteiger partial charge in [0.2, 0.25) is 0 Å². The number of ether oxygens (including phenoxy) is 1. The van der Waals surface area contributed by atoms with E-state index in [2.05, 4.69) is 21.5 Å². The first kappa shape index (κ1) is 24.1. The number of anilines is 2. The highest BCUT2D eigenvalue weighted by molar-refractivity contribution is 8.00. The quantitative estimate of drug-likeness (QED) is 0.160. The van der Waals surface area contributed by atoms with Gasteiger partial charge in [-0.05, 0) is 41.9 Å². The second kappa shape index (κ2) is 9.10. The predicted octanol–water partition coefficient (Wildman–Crippen LogP) is 2.49. The first-order chi connectivity index (χ1) is 15.4. The minimum absolute atomic E-state index is 0.0183. The summed E-state index contributed by atoms with van der Waals surface area (Å²) in [6, 6.07) is 6.75. The summed E-state index contributed by atoms with van der Waals surface area (Å²) < 4.78 is 49.6. The van der Waals surface area contributed by atoms with Gasteiger partial charge in [0, 0.05) is 25.4 Å². The van der Waals surface area contributed by atoms with Gasteiger partial charge in [0.15, 0.2) is 22.9 Å². The average Bonchev–Trinajstić information content (AvgIpc) is 3.09. The molecule has 0 spiro atoms. The van der Waals surface area contributed by atoms with Crippen LogP contribution in [0.15, 0.2) is 39.6 Å². The highest BCUT2D eigenvalue weighted by Crippen LogP contribution is 2.44. The number of nitrogens with two attached hydrogens (primary N) is 1. The molecular weight excluding hydrogens is 465 g/mol. The van der Waals surface area contributed by atoms with Crippen LogP contribution in [0.3, 0.4) is 0 Å². The lowest BCUT2D eigenvalue weighted by Crippen LogP contribution is -2.34. The van der Waals surface area contributed by atoms with E-state index in [0.717, 1.165) is 0 Å². The van der Waals surface area contributed by atoms with Gasteiger partial charge in [0.1, 0.15) is 5.69 Å². The monoisotopic (exact) mass is 482 g/mol. The molecule has 6 N–H and O–H groups in total. The minimum atomic E-state index is -4.66. The number of nitrogens with one attached hydrogen (secondary N) is 2. The van der Waals surface area contributed by atoms with Gasteiger partial charge in [-0.2, -0.15) is 13.2 Å². The molecule has 0 bridgehead atoms. The molecule has 3 aromatic rings. The number of para-hydroxylation sites is 1. The van der Waals surface area contributed by atoms with Crippen LogP contribution in [-0.4, -0.2) is 46.7 Å². The largest absolute Gasteiger partial charge is 0.446 e. The third-order valence-corrected chi connectivity index (χ3v) is 4.91. The smallest absolute Gasteiger partial charge is 0.444 e. The van der Waals surface area contributed by atoms with E-state index in [1.807, 2.05) is 5.92 Å². The highest BCUT2D eigenvalue weighted by atomic mass is 32.2. The standard InChI is InChI=1S/C20H17F3N4O5S/c1-25-17-14(7-6-12(27-17)18(28)26-2)32-19(29,30)9-8-13-16(33-20(21,22)23)10-4-3-5-11(24)15(10)31-13/h3-7,29-30H,24H2,1-2H3,(H,25,27)(H,26,28). The van der Waals surface area contributed by atoms with E-state index in [1.54, 1.807) is 0 Å². The van der Waals surface area contributed by atoms with Gasteiger partial charge < -0.3 is 35.7 Å². The molecule has 1 aromatic carbocycles. The molecule has 0 aliphatic carbocycles. The van der Waals surface area contributed by atoms with E-state index in [-0.39, 0.29) is 38.8 Å². The Morgan fingerprint density at radius 1 is 1.24 bits per heavy atom. The van der Waals surface area contributed by atoms with Crippen molar-refractivity contribution < 1.29 is 37.3 Å². The molecule has 33 heavy (non-hydrogen) atoms. The topological polar surface area (TPSA) is 143 Å². The van der Waals surface area contributed by atoms with Crippen molar-refractivity contribution in [1.29, 1.82) is 0 Å². The lowest BCUT2D eigenvalue weighted by Gasteiger charge is -2.18. The number of aliphatic hydroxyl groups is 2. The number of aromatic nitrogens is 1. The lowest BCUT2D eigenvalue weighted by molar-refractivity contribution is -0.245. The van der Waals surface area contributed by atoms with E-state index in [4.69, 9.17) is 14.9 Å². The van der Waals surface area contributed by atoms with Crippen LogP contribution in [0.4, 0.5) is 24.7 Å². The van der Waals surface area contributed by atoms with Crippen molar-refractivity contribution in [3.05, 3.63) is 41.8 Å². The van der Waals surface area contributed by atoms with Crippen LogP contribution in [0, 0.1) is 11.8 Å². The molecule has 0 radical (unpaired) electrons. The Balaban J connectivity index is 1.97. The predicted molar refractivity (Wildman–Crippen MR) is 114 cm³/mol. The van der Waals surface area contributed by atoms with E-state index >= 15 is 0 Å². The fourth-order valence-corrected chi connectivity index (χ4v) is 3.38. The molecule has 0 aliphatic rings. The normalized spacial score (nSPS) is 11.6. The Hall–Kier alpha value is -3.60. The van der Waals surface area contributed by atoms with Gasteiger partial charge in [0.05, 0.1) is 10.6 Å². The van der Waals surface area contributed by atoms with Crippen LogP contribution >= 0.6 is 11.8 Å². The number of fused-ring (bicyclic) bond motifs is 1. The molecular formula is C20H17F3N4O5S. The summed E-state index contributed by atoms with van der Waals surface area (Å²) in [5.74, 6) is -0.244. The Morgan fingerprint density at radius 3 is 2.61 bits per heavy atom. The molecule has 13 heteroatoms. The van der Waals surface area contributed by atoms with E-state index in [9.17, 15) is 28.2 Å². The number of halogens is 3. The van der Waals surface area contributed by atoms with Crippen molar-refractivity contribution in [2.75, 3.05) is 25.1 Å². The number of amides is 1. The van der Waals surface area contributed by atoms with Gasteiger partial charge in [-0.15, -0.1) is 0 Å². The lowest BCUT2D eigenvalue weighted by atomic mass is 10.2. The number of rotatable bonds is 5. The maximum atomic E-state index is 13.1. The SMILES string of the molecule is CNC(=O)c1ccc(OC(O)(O)C#Cc2oc3c(N)cccc3c2SC(F)(F)F)c(NC)n1. The molecule has 2 heterocycles. The van der Waals surface area contributed by atoms with Crippen LogP contribution in [0.25, 0.3) is 11.0 Å². The summed E-state index contributed by atoms with van der Waals surface area (Å²) in [7, 11) is 2.86. The van der Waals surface area contributed by atoms with Crippen molar-refractivity contribution in [3.63, 3.8) is 0 Å². The van der Waals surface area contributed by atoms with Crippen LogP contribution < -0.4 is 21.1 Å². The number of benzene rings is 1. The fraction of sp³-hybridized carbons (Fsp3) is 0.200. The molecule has 0 saturated carbocycles. The van der Waals surface area contributed by atoms with E-state index < -0.39 is 34.9 Å².